The lowest BCUT2D eigenvalue weighted by molar-refractivity contribution is 0.112. The lowest BCUT2D eigenvalue weighted by Crippen LogP contribution is -2.29. The maximum Gasteiger partial charge on any atom is 0.488 e. The summed E-state index contributed by atoms with van der Waals surface area (Å²) < 4.78 is 13.2. The van der Waals surface area contributed by atoms with Gasteiger partial charge in [-0.2, -0.15) is 0 Å². The van der Waals surface area contributed by atoms with Crippen LogP contribution in [0.1, 0.15) is 9.67 Å². The molecule has 0 radical (unpaired) electrons. The minimum atomic E-state index is -1.51. The second-order valence-corrected chi connectivity index (χ2v) is 5.68. The van der Waals surface area contributed by atoms with E-state index in [0.717, 1.165) is 14.9 Å². The third kappa shape index (κ3) is 5.09. The molecule has 1 aromatic heterocycles. The minimum absolute atomic E-state index is 0.293. The van der Waals surface area contributed by atoms with Crippen LogP contribution < -0.4 is 5.46 Å². The zero-order valence-corrected chi connectivity index (χ0v) is 11.5. The fourth-order valence-electron chi connectivity index (χ4n) is 1.03. The Bertz CT molecular complexity index is 501. The number of rotatable bonds is 2. The molecule has 3 nitrogen and oxygen atoms in total. The summed E-state index contributed by atoms with van der Waals surface area (Å²) in [5.41, 5.74) is 0.293. The Kier molecular flexibility index (Phi) is 6.21. The van der Waals surface area contributed by atoms with Gasteiger partial charge < -0.3 is 10.0 Å². The summed E-state index contributed by atoms with van der Waals surface area (Å²) in [4.78, 5) is 10.8. The van der Waals surface area contributed by atoms with E-state index in [1.165, 1.54) is 35.6 Å². The Morgan fingerprint density at radius 3 is 2.11 bits per heavy atom. The lowest BCUT2D eigenvalue weighted by Gasteiger charge is -1.95. The van der Waals surface area contributed by atoms with E-state index in [1.807, 2.05) is 6.07 Å². The molecular weight excluding hydrogens is 322 g/mol. The SMILES string of the molecule is O=Cc1ccc(Br)s1.OB(O)c1ccc(F)cc1. The van der Waals surface area contributed by atoms with E-state index in [1.54, 1.807) is 6.07 Å². The number of aldehydes is 1. The molecule has 0 bridgehead atoms. The second-order valence-electron chi connectivity index (χ2n) is 3.18. The predicted octanol–water partition coefficient (Wildman–Crippen LogP) is 1.83. The highest BCUT2D eigenvalue weighted by Crippen LogP contribution is 2.19. The van der Waals surface area contributed by atoms with Gasteiger partial charge in [0.05, 0.1) is 8.66 Å². The third-order valence-corrected chi connectivity index (χ3v) is 3.43. The molecule has 0 saturated heterocycles. The number of benzene rings is 1. The van der Waals surface area contributed by atoms with Gasteiger partial charge in [-0.1, -0.05) is 12.1 Å². The third-order valence-electron chi connectivity index (χ3n) is 1.88. The monoisotopic (exact) mass is 330 g/mol. The summed E-state index contributed by atoms with van der Waals surface area (Å²) in [5.74, 6) is -0.385. The van der Waals surface area contributed by atoms with Gasteiger partial charge in [0.1, 0.15) is 5.82 Å². The van der Waals surface area contributed by atoms with Crippen molar-refractivity contribution in [3.05, 3.63) is 50.9 Å². The van der Waals surface area contributed by atoms with Gasteiger partial charge in [0.2, 0.25) is 0 Å². The lowest BCUT2D eigenvalue weighted by atomic mass is 9.80. The molecule has 0 spiro atoms. The molecule has 0 atom stereocenters. The first kappa shape index (κ1) is 15.0. The molecule has 2 rings (SSSR count). The van der Waals surface area contributed by atoms with Crippen LogP contribution in [0.15, 0.2) is 40.2 Å². The molecule has 0 aliphatic heterocycles. The highest BCUT2D eigenvalue weighted by molar-refractivity contribution is 9.11. The van der Waals surface area contributed by atoms with Crippen LogP contribution in [0, 0.1) is 5.82 Å². The Morgan fingerprint density at radius 2 is 1.78 bits per heavy atom. The van der Waals surface area contributed by atoms with Gasteiger partial charge in [0.15, 0.2) is 6.29 Å². The number of carbonyl (C=O) groups is 1. The predicted molar refractivity (Wildman–Crippen MR) is 73.6 cm³/mol. The van der Waals surface area contributed by atoms with Gasteiger partial charge in [-0.15, -0.1) is 11.3 Å². The molecule has 0 amide bonds. The van der Waals surface area contributed by atoms with E-state index < -0.39 is 7.12 Å². The first-order chi connectivity index (χ1) is 8.52. The minimum Gasteiger partial charge on any atom is -0.423 e. The van der Waals surface area contributed by atoms with Crippen LogP contribution in [0.5, 0.6) is 0 Å². The zero-order valence-electron chi connectivity index (χ0n) is 9.09. The maximum atomic E-state index is 12.2. The Labute approximate surface area is 116 Å². The normalized spacial score (nSPS) is 9.33. The molecule has 0 unspecified atom stereocenters. The summed E-state index contributed by atoms with van der Waals surface area (Å²) >= 11 is 4.67. The van der Waals surface area contributed by atoms with Crippen LogP contribution in [0.3, 0.4) is 0 Å². The van der Waals surface area contributed by atoms with Crippen molar-refractivity contribution < 1.29 is 19.2 Å². The van der Waals surface area contributed by atoms with E-state index in [4.69, 9.17) is 10.0 Å². The molecule has 0 aliphatic rings. The van der Waals surface area contributed by atoms with Gasteiger partial charge in [0, 0.05) is 0 Å². The first-order valence-corrected chi connectivity index (χ1v) is 6.46. The Hall–Kier alpha value is -1.02. The molecule has 0 saturated carbocycles. The first-order valence-electron chi connectivity index (χ1n) is 4.85. The summed E-state index contributed by atoms with van der Waals surface area (Å²) in [6, 6.07) is 8.62. The summed E-state index contributed by atoms with van der Waals surface area (Å²) in [7, 11) is -1.51. The fraction of sp³-hybridized carbons (Fsp3) is 0. The summed E-state index contributed by atoms with van der Waals surface area (Å²) in [5, 5.41) is 17.1. The molecule has 1 aromatic carbocycles. The zero-order chi connectivity index (χ0) is 13.5. The average molecular weight is 331 g/mol. The van der Waals surface area contributed by atoms with E-state index in [-0.39, 0.29) is 5.82 Å². The summed E-state index contributed by atoms with van der Waals surface area (Å²) in [6.45, 7) is 0. The van der Waals surface area contributed by atoms with Gasteiger partial charge in [-0.05, 0) is 45.7 Å². The van der Waals surface area contributed by atoms with Crippen molar-refractivity contribution in [2.45, 2.75) is 0 Å². The van der Waals surface area contributed by atoms with Crippen molar-refractivity contribution in [3.63, 3.8) is 0 Å². The molecule has 0 aliphatic carbocycles. The highest BCUT2D eigenvalue weighted by atomic mass is 79.9. The number of thiophene rings is 1. The molecule has 1 heterocycles. The maximum absolute atomic E-state index is 12.2. The van der Waals surface area contributed by atoms with Gasteiger partial charge in [-0.25, -0.2) is 4.39 Å². The fourth-order valence-corrected chi connectivity index (χ4v) is 2.26. The van der Waals surface area contributed by atoms with Crippen molar-refractivity contribution in [1.29, 1.82) is 0 Å². The number of hydrogen-bond donors (Lipinski definition) is 2. The Morgan fingerprint density at radius 1 is 1.17 bits per heavy atom. The molecule has 18 heavy (non-hydrogen) atoms. The molecule has 94 valence electrons. The van der Waals surface area contributed by atoms with Gasteiger partial charge in [-0.3, -0.25) is 4.79 Å². The molecule has 7 heteroatoms. The largest absolute Gasteiger partial charge is 0.488 e. The smallest absolute Gasteiger partial charge is 0.423 e. The van der Waals surface area contributed by atoms with Crippen LogP contribution in [-0.2, 0) is 0 Å². The van der Waals surface area contributed by atoms with E-state index in [2.05, 4.69) is 15.9 Å². The number of hydrogen-bond acceptors (Lipinski definition) is 4. The Balaban J connectivity index is 0.000000184. The molecular formula is C11H9BBrFO3S. The van der Waals surface area contributed by atoms with Gasteiger partial charge >= 0.3 is 7.12 Å². The molecule has 2 aromatic rings. The van der Waals surface area contributed by atoms with Gasteiger partial charge in [0.25, 0.3) is 0 Å². The second kappa shape index (κ2) is 7.43. The standard InChI is InChI=1S/C6H6BFO2.C5H3BrOS/c8-6-3-1-5(2-4-6)7(9)10;6-5-2-1-4(3-7)8-5/h1-4,9-10H;1-3H. The van der Waals surface area contributed by atoms with E-state index in [0.29, 0.717) is 5.46 Å². The van der Waals surface area contributed by atoms with Crippen molar-refractivity contribution in [1.82, 2.24) is 0 Å². The number of carbonyl (C=O) groups excluding carboxylic acids is 1. The molecule has 0 fully saturated rings. The van der Waals surface area contributed by atoms with E-state index in [9.17, 15) is 9.18 Å². The van der Waals surface area contributed by atoms with Crippen molar-refractivity contribution in [3.8, 4) is 0 Å². The number of halogens is 2. The highest BCUT2D eigenvalue weighted by Gasteiger charge is 2.08. The van der Waals surface area contributed by atoms with Crippen molar-refractivity contribution in [2.24, 2.45) is 0 Å². The quantitative estimate of drug-likeness (QED) is 0.652. The van der Waals surface area contributed by atoms with Crippen LogP contribution in [-0.4, -0.2) is 23.5 Å². The summed E-state index contributed by atoms with van der Waals surface area (Å²) in [6.07, 6.45) is 0.843. The average Bonchev–Trinajstić information content (AvgIpc) is 2.76. The van der Waals surface area contributed by atoms with E-state index >= 15 is 0 Å². The van der Waals surface area contributed by atoms with Crippen LogP contribution in [0.4, 0.5) is 4.39 Å². The molecule has 2 N–H and O–H groups in total. The van der Waals surface area contributed by atoms with Crippen molar-refractivity contribution >= 4 is 46.1 Å². The van der Waals surface area contributed by atoms with Crippen LogP contribution in [0.2, 0.25) is 0 Å². The van der Waals surface area contributed by atoms with Crippen LogP contribution in [0.25, 0.3) is 0 Å². The van der Waals surface area contributed by atoms with Crippen molar-refractivity contribution in [2.75, 3.05) is 0 Å². The van der Waals surface area contributed by atoms with Crippen LogP contribution >= 0.6 is 27.3 Å². The topological polar surface area (TPSA) is 57.5 Å².